The lowest BCUT2D eigenvalue weighted by Gasteiger charge is -2.21. The van der Waals surface area contributed by atoms with Crippen LogP contribution in [0.4, 0.5) is 0 Å². The summed E-state index contributed by atoms with van der Waals surface area (Å²) < 4.78 is 5.61. The molecule has 1 unspecified atom stereocenters. The Morgan fingerprint density at radius 2 is 2.12 bits per heavy atom. The largest absolute Gasteiger partial charge is 0.490 e. The van der Waals surface area contributed by atoms with E-state index >= 15 is 0 Å². The third kappa shape index (κ3) is 11.2. The number of pyridine rings is 1. The van der Waals surface area contributed by atoms with E-state index in [1.54, 1.807) is 19.4 Å². The molecule has 0 fully saturated rings. The summed E-state index contributed by atoms with van der Waals surface area (Å²) in [4.78, 5) is 10.7. The maximum absolute atomic E-state index is 5.61. The molecule has 1 rings (SSSR count). The van der Waals surface area contributed by atoms with Gasteiger partial charge in [-0.25, -0.2) is 0 Å². The number of rotatable bonds is 11. The van der Waals surface area contributed by atoms with Crippen molar-refractivity contribution in [3.05, 3.63) is 24.5 Å². The lowest BCUT2D eigenvalue weighted by atomic mass is 10.2. The van der Waals surface area contributed by atoms with Crippen molar-refractivity contribution in [2.45, 2.75) is 39.7 Å². The Bertz CT molecular complexity index is 454. The number of guanidine groups is 1. The van der Waals surface area contributed by atoms with Crippen molar-refractivity contribution in [2.75, 3.05) is 39.8 Å². The number of aromatic nitrogens is 1. The monoisotopic (exact) mass is 463 g/mol. The molecule has 25 heavy (non-hydrogen) atoms. The molecule has 0 aliphatic rings. The van der Waals surface area contributed by atoms with Gasteiger partial charge in [0.2, 0.25) is 0 Å². The average Bonchev–Trinajstić information content (AvgIpc) is 2.62. The predicted molar refractivity (Wildman–Crippen MR) is 116 cm³/mol. The van der Waals surface area contributed by atoms with Gasteiger partial charge in [0.25, 0.3) is 0 Å². The third-order valence-electron chi connectivity index (χ3n) is 3.91. The van der Waals surface area contributed by atoms with Crippen molar-refractivity contribution >= 4 is 29.9 Å². The Morgan fingerprint density at radius 3 is 2.72 bits per heavy atom. The number of halogens is 1. The van der Waals surface area contributed by atoms with Gasteiger partial charge < -0.3 is 20.3 Å². The van der Waals surface area contributed by atoms with Crippen molar-refractivity contribution in [3.8, 4) is 5.75 Å². The van der Waals surface area contributed by atoms with E-state index in [1.165, 1.54) is 6.42 Å². The molecule has 7 heteroatoms. The quantitative estimate of drug-likeness (QED) is 0.229. The van der Waals surface area contributed by atoms with Crippen LogP contribution in [0.3, 0.4) is 0 Å². The van der Waals surface area contributed by atoms with E-state index in [-0.39, 0.29) is 24.0 Å². The van der Waals surface area contributed by atoms with Gasteiger partial charge in [-0.15, -0.1) is 24.0 Å². The van der Waals surface area contributed by atoms with Crippen LogP contribution in [-0.4, -0.2) is 61.7 Å². The molecule has 0 bridgehead atoms. The Kier molecular flexibility index (Phi) is 14.5. The zero-order valence-electron chi connectivity index (χ0n) is 16.0. The fraction of sp³-hybridized carbons (Fsp3) is 0.667. The van der Waals surface area contributed by atoms with E-state index in [0.717, 1.165) is 37.8 Å². The predicted octanol–water partition coefficient (Wildman–Crippen LogP) is 2.75. The van der Waals surface area contributed by atoms with E-state index < -0.39 is 0 Å². The molecule has 0 aromatic carbocycles. The highest BCUT2D eigenvalue weighted by Gasteiger charge is 2.06. The summed E-state index contributed by atoms with van der Waals surface area (Å²) in [6.07, 6.45) is 5.77. The Hall–Kier alpha value is -1.09. The van der Waals surface area contributed by atoms with Crippen molar-refractivity contribution in [2.24, 2.45) is 4.99 Å². The van der Waals surface area contributed by atoms with Crippen LogP contribution in [0.1, 0.15) is 33.6 Å². The molecule has 1 heterocycles. The maximum atomic E-state index is 5.61. The molecule has 0 saturated heterocycles. The minimum Gasteiger partial charge on any atom is -0.490 e. The zero-order chi connectivity index (χ0) is 17.6. The van der Waals surface area contributed by atoms with Gasteiger partial charge in [-0.1, -0.05) is 13.8 Å². The van der Waals surface area contributed by atoms with Gasteiger partial charge in [-0.2, -0.15) is 0 Å². The first-order valence-corrected chi connectivity index (χ1v) is 8.91. The van der Waals surface area contributed by atoms with Crippen molar-refractivity contribution in [1.29, 1.82) is 0 Å². The Balaban J connectivity index is 0.00000576. The smallest absolute Gasteiger partial charge is 0.191 e. The van der Waals surface area contributed by atoms with Crippen LogP contribution in [0.5, 0.6) is 5.75 Å². The molecule has 2 N–H and O–H groups in total. The summed E-state index contributed by atoms with van der Waals surface area (Å²) in [7, 11) is 1.79. The molecule has 1 atom stereocenters. The first kappa shape index (κ1) is 23.9. The third-order valence-corrected chi connectivity index (χ3v) is 3.91. The van der Waals surface area contributed by atoms with Crippen LogP contribution in [0, 0.1) is 0 Å². The topological polar surface area (TPSA) is 61.8 Å². The molecule has 0 aliphatic carbocycles. The zero-order valence-corrected chi connectivity index (χ0v) is 18.3. The molecule has 1 aromatic heterocycles. The van der Waals surface area contributed by atoms with E-state index in [4.69, 9.17) is 4.74 Å². The number of nitrogens with zero attached hydrogens (tertiary/aromatic N) is 3. The molecule has 6 nitrogen and oxygen atoms in total. The van der Waals surface area contributed by atoms with Gasteiger partial charge in [-0.3, -0.25) is 9.98 Å². The minimum absolute atomic E-state index is 0. The summed E-state index contributed by atoms with van der Waals surface area (Å²) in [6.45, 7) is 11.3. The second-order valence-corrected chi connectivity index (χ2v) is 5.75. The van der Waals surface area contributed by atoms with Crippen LogP contribution in [0.25, 0.3) is 0 Å². The fourth-order valence-electron chi connectivity index (χ4n) is 2.43. The summed E-state index contributed by atoms with van der Waals surface area (Å²) in [5.41, 5.74) is 0. The van der Waals surface area contributed by atoms with Gasteiger partial charge in [0, 0.05) is 19.3 Å². The molecule has 0 aliphatic heterocycles. The van der Waals surface area contributed by atoms with E-state index in [0.29, 0.717) is 19.2 Å². The van der Waals surface area contributed by atoms with E-state index in [2.05, 4.69) is 46.3 Å². The molecule has 1 aromatic rings. The maximum Gasteiger partial charge on any atom is 0.191 e. The van der Waals surface area contributed by atoms with Crippen molar-refractivity contribution in [3.63, 3.8) is 0 Å². The lowest BCUT2D eigenvalue weighted by molar-refractivity contribution is 0.292. The number of aliphatic imine (C=N–C) groups is 1. The second-order valence-electron chi connectivity index (χ2n) is 5.75. The summed E-state index contributed by atoms with van der Waals surface area (Å²) >= 11 is 0. The van der Waals surface area contributed by atoms with Crippen LogP contribution < -0.4 is 15.4 Å². The highest BCUT2D eigenvalue weighted by atomic mass is 127. The van der Waals surface area contributed by atoms with Crippen molar-refractivity contribution < 1.29 is 4.74 Å². The van der Waals surface area contributed by atoms with Gasteiger partial charge in [0.15, 0.2) is 5.96 Å². The number of ether oxygens (including phenoxy) is 1. The van der Waals surface area contributed by atoms with Crippen LogP contribution in [0.2, 0.25) is 0 Å². The molecule has 0 spiro atoms. The number of nitrogens with one attached hydrogen (secondary N) is 2. The Labute approximate surface area is 169 Å². The van der Waals surface area contributed by atoms with E-state index in [9.17, 15) is 0 Å². The van der Waals surface area contributed by atoms with Gasteiger partial charge in [-0.05, 0) is 51.5 Å². The highest BCUT2D eigenvalue weighted by molar-refractivity contribution is 14.0. The summed E-state index contributed by atoms with van der Waals surface area (Å²) in [5, 5.41) is 6.70. The van der Waals surface area contributed by atoms with Gasteiger partial charge >= 0.3 is 0 Å². The number of hydrogen-bond acceptors (Lipinski definition) is 4. The normalized spacial score (nSPS) is 12.4. The minimum atomic E-state index is 0. The van der Waals surface area contributed by atoms with E-state index in [1.807, 2.05) is 12.1 Å². The first-order valence-electron chi connectivity index (χ1n) is 8.91. The second kappa shape index (κ2) is 15.2. The average molecular weight is 463 g/mol. The molecule has 0 saturated carbocycles. The molecule has 0 radical (unpaired) electrons. The molecular formula is C18H34IN5O. The van der Waals surface area contributed by atoms with Crippen LogP contribution in [-0.2, 0) is 0 Å². The van der Waals surface area contributed by atoms with Gasteiger partial charge in [0.1, 0.15) is 12.4 Å². The number of hydrogen-bond donors (Lipinski definition) is 2. The molecule has 144 valence electrons. The van der Waals surface area contributed by atoms with Crippen LogP contribution in [0.15, 0.2) is 29.5 Å². The summed E-state index contributed by atoms with van der Waals surface area (Å²) in [5.74, 6) is 1.60. The van der Waals surface area contributed by atoms with Crippen molar-refractivity contribution in [1.82, 2.24) is 20.5 Å². The van der Waals surface area contributed by atoms with Crippen LogP contribution >= 0.6 is 24.0 Å². The molecular weight excluding hydrogens is 429 g/mol. The summed E-state index contributed by atoms with van der Waals surface area (Å²) in [6, 6.07) is 4.16. The van der Waals surface area contributed by atoms with Gasteiger partial charge in [0.05, 0.1) is 12.7 Å². The Morgan fingerprint density at radius 1 is 1.36 bits per heavy atom. The molecule has 0 amide bonds. The highest BCUT2D eigenvalue weighted by Crippen LogP contribution is 2.05. The standard InChI is InChI=1S/C18H33N5O.HI/c1-5-23(6-2)13-8-9-16(3)22-18(19-4)21-12-14-24-17-10-7-11-20-15-17;/h7,10-11,15-16H,5-6,8-9,12-14H2,1-4H3,(H2,19,21,22);1H. The SMILES string of the molecule is CCN(CC)CCCC(C)NC(=NC)NCCOc1cccnc1.I. The first-order chi connectivity index (χ1) is 11.7. The lowest BCUT2D eigenvalue weighted by Crippen LogP contribution is -2.43. The fourth-order valence-corrected chi connectivity index (χ4v) is 2.43.